The Balaban J connectivity index is 1.37. The zero-order valence-corrected chi connectivity index (χ0v) is 15.8. The lowest BCUT2D eigenvalue weighted by atomic mass is 9.90. The van der Waals surface area contributed by atoms with E-state index in [-0.39, 0.29) is 17.2 Å². The molecule has 25 heavy (non-hydrogen) atoms. The summed E-state index contributed by atoms with van der Waals surface area (Å²) in [5, 5.41) is 4.09. The van der Waals surface area contributed by atoms with Gasteiger partial charge in [0.05, 0.1) is 6.21 Å². The quantitative estimate of drug-likeness (QED) is 0.580. The minimum atomic E-state index is 0.0466. The molecule has 2 fully saturated rings. The second kappa shape index (κ2) is 6.45. The maximum atomic E-state index is 12.4. The smallest absolute Gasteiger partial charge is 0.244 e. The Labute approximate surface area is 155 Å². The van der Waals surface area contributed by atoms with Crippen molar-refractivity contribution in [3.8, 4) is 11.3 Å². The Morgan fingerprint density at radius 1 is 1.28 bits per heavy atom. The highest BCUT2D eigenvalue weighted by atomic mass is 79.9. The number of fused-ring (bicyclic) bond motifs is 1. The van der Waals surface area contributed by atoms with Gasteiger partial charge in [-0.25, -0.2) is 5.43 Å². The lowest BCUT2D eigenvalue weighted by Gasteiger charge is -2.15. The average Bonchev–Trinajstić information content (AvgIpc) is 2.96. The topological polar surface area (TPSA) is 54.6 Å². The number of nitrogens with zero attached hydrogens (tertiary/aromatic N) is 1. The van der Waals surface area contributed by atoms with Crippen LogP contribution in [0.15, 0.2) is 50.4 Å². The molecule has 3 atom stereocenters. The third-order valence-electron chi connectivity index (χ3n) is 5.74. The summed E-state index contributed by atoms with van der Waals surface area (Å²) in [7, 11) is 0. The standard InChI is InChI=1S/C20H21BrN2O2/c1-20-11-3-2-4-16(20)18(20)19(24)23-22-12-15-9-10-17(25-15)13-5-7-14(21)8-6-13/h5-10,12,16,18H,2-4,11H2,1H3,(H,23,24)/b22-12+/t16-,18-,20-/m0/s1. The van der Waals surface area contributed by atoms with Crippen LogP contribution in [0.25, 0.3) is 11.3 Å². The van der Waals surface area contributed by atoms with E-state index in [0.717, 1.165) is 22.2 Å². The van der Waals surface area contributed by atoms with Crippen molar-refractivity contribution in [3.63, 3.8) is 0 Å². The molecule has 4 rings (SSSR count). The highest BCUT2D eigenvalue weighted by Gasteiger charge is 2.64. The molecule has 2 saturated carbocycles. The third-order valence-corrected chi connectivity index (χ3v) is 6.26. The molecule has 4 nitrogen and oxygen atoms in total. The van der Waals surface area contributed by atoms with Crippen LogP contribution in [-0.4, -0.2) is 12.1 Å². The molecule has 1 aromatic heterocycles. The molecule has 2 aliphatic carbocycles. The number of hydrogen-bond donors (Lipinski definition) is 1. The predicted molar refractivity (Wildman–Crippen MR) is 101 cm³/mol. The third kappa shape index (κ3) is 3.17. The zero-order chi connectivity index (χ0) is 17.4. The van der Waals surface area contributed by atoms with Gasteiger partial charge in [0.15, 0.2) is 0 Å². The van der Waals surface area contributed by atoms with Crippen molar-refractivity contribution in [2.24, 2.45) is 22.4 Å². The monoisotopic (exact) mass is 400 g/mol. The first-order chi connectivity index (χ1) is 12.1. The molecule has 1 aromatic carbocycles. The fourth-order valence-corrected chi connectivity index (χ4v) is 4.54. The summed E-state index contributed by atoms with van der Waals surface area (Å²) in [5.41, 5.74) is 3.90. The van der Waals surface area contributed by atoms with Crippen LogP contribution in [0, 0.1) is 17.3 Å². The Bertz CT molecular complexity index is 811. The van der Waals surface area contributed by atoms with Crippen molar-refractivity contribution in [1.82, 2.24) is 5.43 Å². The summed E-state index contributed by atoms with van der Waals surface area (Å²) in [4.78, 5) is 12.4. The Hall–Kier alpha value is -1.88. The number of nitrogens with one attached hydrogen (secondary N) is 1. The average molecular weight is 401 g/mol. The van der Waals surface area contributed by atoms with Crippen LogP contribution in [0.2, 0.25) is 0 Å². The molecule has 0 radical (unpaired) electrons. The van der Waals surface area contributed by atoms with E-state index in [1.807, 2.05) is 36.4 Å². The molecule has 0 spiro atoms. The normalized spacial score (nSPS) is 27.9. The van der Waals surface area contributed by atoms with E-state index in [0.29, 0.717) is 11.7 Å². The summed E-state index contributed by atoms with van der Waals surface area (Å²) in [6.07, 6.45) is 6.39. The van der Waals surface area contributed by atoms with Crippen molar-refractivity contribution < 1.29 is 9.21 Å². The predicted octanol–water partition coefficient (Wildman–Crippen LogP) is 4.99. The van der Waals surface area contributed by atoms with Crippen molar-refractivity contribution in [1.29, 1.82) is 0 Å². The van der Waals surface area contributed by atoms with Crippen molar-refractivity contribution in [3.05, 3.63) is 46.6 Å². The molecule has 0 aliphatic heterocycles. The molecule has 0 bridgehead atoms. The highest BCUT2D eigenvalue weighted by Crippen LogP contribution is 2.66. The van der Waals surface area contributed by atoms with E-state index in [2.05, 4.69) is 33.4 Å². The van der Waals surface area contributed by atoms with E-state index in [1.54, 1.807) is 6.21 Å². The zero-order valence-electron chi connectivity index (χ0n) is 14.2. The summed E-state index contributed by atoms with van der Waals surface area (Å²) in [6.45, 7) is 2.24. The number of carbonyl (C=O) groups excluding carboxylic acids is 1. The fraction of sp³-hybridized carbons (Fsp3) is 0.400. The Morgan fingerprint density at radius 2 is 2.08 bits per heavy atom. The second-order valence-corrected chi connectivity index (χ2v) is 8.19. The maximum absolute atomic E-state index is 12.4. The SMILES string of the molecule is C[C@]12CCCC[C@H]1[C@H]2C(=O)N/N=C/c1ccc(-c2ccc(Br)cc2)o1. The van der Waals surface area contributed by atoms with E-state index >= 15 is 0 Å². The minimum Gasteiger partial charge on any atom is -0.455 e. The number of furan rings is 1. The number of amides is 1. The molecule has 2 aromatic rings. The van der Waals surface area contributed by atoms with Gasteiger partial charge < -0.3 is 4.42 Å². The van der Waals surface area contributed by atoms with E-state index in [1.165, 1.54) is 19.3 Å². The highest BCUT2D eigenvalue weighted by molar-refractivity contribution is 9.10. The Kier molecular flexibility index (Phi) is 4.28. The second-order valence-electron chi connectivity index (χ2n) is 7.28. The van der Waals surface area contributed by atoms with Gasteiger partial charge in [-0.2, -0.15) is 5.10 Å². The first-order valence-corrected chi connectivity index (χ1v) is 9.56. The van der Waals surface area contributed by atoms with Gasteiger partial charge in [-0.05, 0) is 48.4 Å². The summed E-state index contributed by atoms with van der Waals surface area (Å²) in [6, 6.07) is 11.7. The Morgan fingerprint density at radius 3 is 2.80 bits per heavy atom. The van der Waals surface area contributed by atoms with Gasteiger partial charge in [0.2, 0.25) is 5.91 Å². The largest absolute Gasteiger partial charge is 0.455 e. The van der Waals surface area contributed by atoms with Crippen molar-refractivity contribution in [2.45, 2.75) is 32.6 Å². The van der Waals surface area contributed by atoms with E-state index in [4.69, 9.17) is 4.42 Å². The maximum Gasteiger partial charge on any atom is 0.244 e. The van der Waals surface area contributed by atoms with Crippen LogP contribution in [0.1, 0.15) is 38.4 Å². The van der Waals surface area contributed by atoms with Gasteiger partial charge in [-0.15, -0.1) is 0 Å². The molecular formula is C20H21BrN2O2. The summed E-state index contributed by atoms with van der Waals surface area (Å²) in [5.74, 6) is 2.12. The van der Waals surface area contributed by atoms with E-state index in [9.17, 15) is 4.79 Å². The summed E-state index contributed by atoms with van der Waals surface area (Å²) >= 11 is 3.42. The molecule has 0 unspecified atom stereocenters. The number of rotatable bonds is 4. The molecule has 5 heteroatoms. The van der Waals surface area contributed by atoms with Crippen molar-refractivity contribution in [2.75, 3.05) is 0 Å². The molecule has 1 heterocycles. The number of hydrogen-bond acceptors (Lipinski definition) is 3. The van der Waals surface area contributed by atoms with Gasteiger partial charge in [-0.3, -0.25) is 4.79 Å². The van der Waals surface area contributed by atoms with Crippen LogP contribution in [0.4, 0.5) is 0 Å². The number of benzene rings is 1. The van der Waals surface area contributed by atoms with Crippen LogP contribution in [0.3, 0.4) is 0 Å². The summed E-state index contributed by atoms with van der Waals surface area (Å²) < 4.78 is 6.80. The first-order valence-electron chi connectivity index (χ1n) is 8.77. The van der Waals surface area contributed by atoms with Gasteiger partial charge in [-0.1, -0.05) is 47.8 Å². The molecule has 2 aliphatic rings. The molecular weight excluding hydrogens is 380 g/mol. The molecule has 1 amide bonds. The first kappa shape index (κ1) is 16.6. The van der Waals surface area contributed by atoms with Gasteiger partial charge in [0.1, 0.15) is 11.5 Å². The van der Waals surface area contributed by atoms with Crippen LogP contribution >= 0.6 is 15.9 Å². The molecule has 1 N–H and O–H groups in total. The number of halogens is 1. The molecule has 0 saturated heterocycles. The van der Waals surface area contributed by atoms with E-state index < -0.39 is 0 Å². The van der Waals surface area contributed by atoms with Gasteiger partial charge in [0, 0.05) is 16.0 Å². The van der Waals surface area contributed by atoms with Crippen LogP contribution in [-0.2, 0) is 4.79 Å². The van der Waals surface area contributed by atoms with Gasteiger partial charge >= 0.3 is 0 Å². The van der Waals surface area contributed by atoms with Gasteiger partial charge in [0.25, 0.3) is 0 Å². The number of carbonyl (C=O) groups is 1. The van der Waals surface area contributed by atoms with Crippen LogP contribution in [0.5, 0.6) is 0 Å². The number of hydrazone groups is 1. The lowest BCUT2D eigenvalue weighted by Crippen LogP contribution is -2.22. The molecule has 130 valence electrons. The fourth-order valence-electron chi connectivity index (χ4n) is 4.27. The van der Waals surface area contributed by atoms with Crippen molar-refractivity contribution >= 4 is 28.1 Å². The minimum absolute atomic E-state index is 0.0466. The van der Waals surface area contributed by atoms with Crippen LogP contribution < -0.4 is 5.43 Å². The lowest BCUT2D eigenvalue weighted by molar-refractivity contribution is -0.123.